The fourth-order valence-corrected chi connectivity index (χ4v) is 4.53. The molecule has 4 N–H and O–H groups in total. The van der Waals surface area contributed by atoms with Gasteiger partial charge in [-0.2, -0.15) is 0 Å². The normalized spacial score (nSPS) is 33.9. The van der Waals surface area contributed by atoms with Crippen molar-refractivity contribution in [1.82, 2.24) is 16.0 Å². The molecule has 2 rings (SSSR count). The number of rotatable bonds is 3. The fourth-order valence-electron chi connectivity index (χ4n) is 4.53. The lowest BCUT2D eigenvalue weighted by Gasteiger charge is -2.46. The lowest BCUT2D eigenvalue weighted by atomic mass is 9.73. The summed E-state index contributed by atoms with van der Waals surface area (Å²) in [6.07, 6.45) is 5.56. The van der Waals surface area contributed by atoms with Gasteiger partial charge >= 0.3 is 6.03 Å². The number of aliphatic hydroxyl groups excluding tert-OH is 1. The lowest BCUT2D eigenvalue weighted by Crippen LogP contribution is -2.63. The Kier molecular flexibility index (Phi) is 5.31. The molecular formula is C18H35N3O2. The fraction of sp³-hybridized carbons (Fsp3) is 0.944. The molecule has 2 fully saturated rings. The van der Waals surface area contributed by atoms with Gasteiger partial charge in [-0.15, -0.1) is 0 Å². The van der Waals surface area contributed by atoms with E-state index in [-0.39, 0.29) is 34.7 Å². The van der Waals surface area contributed by atoms with Gasteiger partial charge in [-0.25, -0.2) is 4.79 Å². The number of carbonyl (C=O) groups excluding carboxylic acids is 1. The first-order valence-corrected chi connectivity index (χ1v) is 9.03. The minimum Gasteiger partial charge on any atom is -0.392 e. The first-order valence-electron chi connectivity index (χ1n) is 9.03. The van der Waals surface area contributed by atoms with Crippen molar-refractivity contribution >= 4 is 6.03 Å². The third-order valence-corrected chi connectivity index (χ3v) is 5.46. The summed E-state index contributed by atoms with van der Waals surface area (Å²) in [5.74, 6) is 0. The van der Waals surface area contributed by atoms with E-state index in [0.29, 0.717) is 6.54 Å². The highest BCUT2D eigenvalue weighted by molar-refractivity contribution is 5.74. The van der Waals surface area contributed by atoms with Crippen LogP contribution >= 0.6 is 0 Å². The van der Waals surface area contributed by atoms with Crippen LogP contribution in [-0.2, 0) is 0 Å². The molecular weight excluding hydrogens is 290 g/mol. The van der Waals surface area contributed by atoms with E-state index in [0.717, 1.165) is 38.5 Å². The van der Waals surface area contributed by atoms with Crippen LogP contribution in [0, 0.1) is 5.41 Å². The zero-order valence-corrected chi connectivity index (χ0v) is 15.5. The molecule has 0 aromatic carbocycles. The van der Waals surface area contributed by atoms with Gasteiger partial charge in [-0.1, -0.05) is 19.8 Å². The smallest absolute Gasteiger partial charge is 0.315 e. The van der Waals surface area contributed by atoms with Crippen LogP contribution < -0.4 is 16.0 Å². The van der Waals surface area contributed by atoms with Crippen LogP contribution in [0.15, 0.2) is 0 Å². The molecule has 2 aliphatic rings. The molecule has 1 aliphatic carbocycles. The Labute approximate surface area is 141 Å². The van der Waals surface area contributed by atoms with Gasteiger partial charge < -0.3 is 21.1 Å². The van der Waals surface area contributed by atoms with Crippen molar-refractivity contribution in [3.63, 3.8) is 0 Å². The molecule has 2 atom stereocenters. The standard InChI is InChI=1S/C18H35N3O2/c1-16(2)10-13(11-17(3,4)21-16)20-15(23)19-12-18(5)9-7-6-8-14(18)22/h13-14,21-22H,6-12H2,1-5H3,(H2,19,20,23). The van der Waals surface area contributed by atoms with Crippen LogP contribution in [0.2, 0.25) is 0 Å². The number of nitrogens with one attached hydrogen (secondary N) is 3. The predicted molar refractivity (Wildman–Crippen MR) is 93.4 cm³/mol. The topological polar surface area (TPSA) is 73.4 Å². The van der Waals surface area contributed by atoms with E-state index >= 15 is 0 Å². The van der Waals surface area contributed by atoms with Crippen LogP contribution in [0.25, 0.3) is 0 Å². The van der Waals surface area contributed by atoms with E-state index in [2.05, 4.69) is 50.6 Å². The van der Waals surface area contributed by atoms with Crippen molar-refractivity contribution in [2.24, 2.45) is 5.41 Å². The van der Waals surface area contributed by atoms with Crippen molar-refractivity contribution in [3.8, 4) is 0 Å². The molecule has 23 heavy (non-hydrogen) atoms. The minimum atomic E-state index is -0.312. The molecule has 5 heteroatoms. The summed E-state index contributed by atoms with van der Waals surface area (Å²) in [7, 11) is 0. The maximum absolute atomic E-state index is 12.3. The van der Waals surface area contributed by atoms with Gasteiger partial charge in [0, 0.05) is 29.1 Å². The monoisotopic (exact) mass is 325 g/mol. The van der Waals surface area contributed by atoms with E-state index < -0.39 is 0 Å². The second kappa shape index (κ2) is 6.60. The minimum absolute atomic E-state index is 0.0191. The van der Waals surface area contributed by atoms with Crippen molar-refractivity contribution in [2.45, 2.75) is 96.4 Å². The maximum atomic E-state index is 12.3. The first-order chi connectivity index (χ1) is 10.5. The van der Waals surface area contributed by atoms with Gasteiger partial charge in [0.25, 0.3) is 0 Å². The summed E-state index contributed by atoms with van der Waals surface area (Å²) in [6, 6.07) is 0.0628. The average molecular weight is 325 g/mol. The van der Waals surface area contributed by atoms with E-state index in [4.69, 9.17) is 0 Å². The largest absolute Gasteiger partial charge is 0.392 e. The third-order valence-electron chi connectivity index (χ3n) is 5.46. The molecule has 2 unspecified atom stereocenters. The summed E-state index contributed by atoms with van der Waals surface area (Å²) in [4.78, 5) is 12.3. The molecule has 2 amide bonds. The number of aliphatic hydroxyl groups is 1. The number of urea groups is 1. The van der Waals surface area contributed by atoms with Crippen molar-refractivity contribution in [3.05, 3.63) is 0 Å². The Hall–Kier alpha value is -0.810. The number of piperidine rings is 1. The van der Waals surface area contributed by atoms with Crippen LogP contribution in [0.1, 0.15) is 73.1 Å². The summed E-state index contributed by atoms with van der Waals surface area (Å²) in [6.45, 7) is 11.3. The van der Waals surface area contributed by atoms with Gasteiger partial charge in [0.05, 0.1) is 6.10 Å². The highest BCUT2D eigenvalue weighted by atomic mass is 16.3. The maximum Gasteiger partial charge on any atom is 0.315 e. The predicted octanol–water partition coefficient (Wildman–Crippen LogP) is 2.54. The van der Waals surface area contributed by atoms with Gasteiger partial charge in [0.15, 0.2) is 0 Å². The molecule has 0 aromatic rings. The van der Waals surface area contributed by atoms with Crippen LogP contribution in [0.5, 0.6) is 0 Å². The zero-order chi connectivity index (χ0) is 17.3. The summed E-state index contributed by atoms with van der Waals surface area (Å²) in [5.41, 5.74) is -0.154. The molecule has 5 nitrogen and oxygen atoms in total. The van der Waals surface area contributed by atoms with E-state index in [1.807, 2.05) is 0 Å². The quantitative estimate of drug-likeness (QED) is 0.644. The Morgan fingerprint density at radius 2 is 1.74 bits per heavy atom. The SMILES string of the molecule is CC1(C)CC(NC(=O)NCC2(C)CCCCC2O)CC(C)(C)N1. The summed E-state index contributed by atoms with van der Waals surface area (Å²) < 4.78 is 0. The van der Waals surface area contributed by atoms with E-state index in [1.54, 1.807) is 0 Å². The number of carbonyl (C=O) groups is 1. The van der Waals surface area contributed by atoms with Gasteiger partial charge in [-0.05, 0) is 53.4 Å². The van der Waals surface area contributed by atoms with Crippen molar-refractivity contribution < 1.29 is 9.90 Å². The second-order valence-electron chi connectivity index (χ2n) is 9.24. The summed E-state index contributed by atoms with van der Waals surface area (Å²) in [5, 5.41) is 20.0. The Morgan fingerprint density at radius 3 is 2.30 bits per heavy atom. The molecule has 0 bridgehead atoms. The number of hydrogen-bond donors (Lipinski definition) is 4. The molecule has 1 aliphatic heterocycles. The molecule has 0 aromatic heterocycles. The van der Waals surface area contributed by atoms with Gasteiger partial charge in [0.2, 0.25) is 0 Å². The lowest BCUT2D eigenvalue weighted by molar-refractivity contribution is 0.00298. The first kappa shape index (κ1) is 18.5. The molecule has 0 radical (unpaired) electrons. The molecule has 1 heterocycles. The Morgan fingerprint density at radius 1 is 1.13 bits per heavy atom. The molecule has 134 valence electrons. The van der Waals surface area contributed by atoms with E-state index in [1.165, 1.54) is 0 Å². The van der Waals surface area contributed by atoms with Gasteiger partial charge in [0.1, 0.15) is 0 Å². The molecule has 0 spiro atoms. The van der Waals surface area contributed by atoms with E-state index in [9.17, 15) is 9.90 Å². The Bertz CT molecular complexity index is 420. The van der Waals surface area contributed by atoms with Crippen molar-refractivity contribution in [2.75, 3.05) is 6.54 Å². The summed E-state index contributed by atoms with van der Waals surface area (Å²) >= 11 is 0. The number of hydrogen-bond acceptors (Lipinski definition) is 3. The van der Waals surface area contributed by atoms with Crippen molar-refractivity contribution in [1.29, 1.82) is 0 Å². The third kappa shape index (κ3) is 5.08. The van der Waals surface area contributed by atoms with Gasteiger partial charge in [-0.3, -0.25) is 0 Å². The van der Waals surface area contributed by atoms with Crippen LogP contribution in [0.3, 0.4) is 0 Å². The van der Waals surface area contributed by atoms with Crippen LogP contribution in [0.4, 0.5) is 4.79 Å². The number of amides is 2. The second-order valence-corrected chi connectivity index (χ2v) is 9.24. The zero-order valence-electron chi connectivity index (χ0n) is 15.5. The highest BCUT2D eigenvalue weighted by Crippen LogP contribution is 2.35. The molecule has 1 saturated carbocycles. The highest BCUT2D eigenvalue weighted by Gasteiger charge is 2.39. The molecule has 1 saturated heterocycles. The Balaban J connectivity index is 1.85. The average Bonchev–Trinajstić information content (AvgIpc) is 2.36. The van der Waals surface area contributed by atoms with Crippen LogP contribution in [-0.4, -0.2) is 40.9 Å².